The Morgan fingerprint density at radius 2 is 2.19 bits per heavy atom. The fourth-order valence-electron chi connectivity index (χ4n) is 3.26. The molecule has 2 N–H and O–H groups in total. The van der Waals surface area contributed by atoms with Crippen molar-refractivity contribution in [2.24, 2.45) is 0 Å². The second kappa shape index (κ2) is 6.62. The van der Waals surface area contributed by atoms with Crippen LogP contribution in [0.25, 0.3) is 0 Å². The molecule has 1 aromatic carbocycles. The smallest absolute Gasteiger partial charge is 0.296 e. The molecule has 1 aromatic heterocycles. The van der Waals surface area contributed by atoms with Gasteiger partial charge in [0, 0.05) is 13.0 Å². The number of aromatic nitrogens is 3. The molecule has 26 heavy (non-hydrogen) atoms. The van der Waals surface area contributed by atoms with E-state index in [0.29, 0.717) is 17.9 Å². The number of rotatable bonds is 4. The summed E-state index contributed by atoms with van der Waals surface area (Å²) in [5.74, 6) is 1.70. The van der Waals surface area contributed by atoms with Gasteiger partial charge in [-0.05, 0) is 18.9 Å². The molecular weight excluding hydrogens is 340 g/mol. The van der Waals surface area contributed by atoms with Gasteiger partial charge in [0.15, 0.2) is 18.2 Å². The number of benzene rings is 1. The van der Waals surface area contributed by atoms with E-state index < -0.39 is 4.92 Å². The number of nitrogens with one attached hydrogen (secondary N) is 2. The monoisotopic (exact) mass is 358 g/mol. The molecular formula is C16H18N6O4. The summed E-state index contributed by atoms with van der Waals surface area (Å²) in [6, 6.07) is 2.84. The first-order chi connectivity index (χ1) is 12.6. The number of hydrogen-bond donors (Lipinski definition) is 2. The van der Waals surface area contributed by atoms with Gasteiger partial charge in [-0.25, -0.2) is 0 Å². The van der Waals surface area contributed by atoms with Crippen molar-refractivity contribution in [3.8, 4) is 5.75 Å². The van der Waals surface area contributed by atoms with Crippen LogP contribution >= 0.6 is 0 Å². The number of fused-ring (bicyclic) bond motifs is 2. The van der Waals surface area contributed by atoms with E-state index in [2.05, 4.69) is 25.4 Å². The van der Waals surface area contributed by atoms with E-state index in [1.807, 2.05) is 0 Å². The molecule has 0 aliphatic carbocycles. The quantitative estimate of drug-likeness (QED) is 0.631. The Labute approximate surface area is 148 Å². The van der Waals surface area contributed by atoms with Crippen molar-refractivity contribution in [1.82, 2.24) is 14.8 Å². The van der Waals surface area contributed by atoms with Gasteiger partial charge in [0.1, 0.15) is 11.5 Å². The Hall–Kier alpha value is -3.17. The predicted octanol–water partition coefficient (Wildman–Crippen LogP) is 1.86. The highest BCUT2D eigenvalue weighted by Crippen LogP contribution is 2.38. The summed E-state index contributed by atoms with van der Waals surface area (Å²) in [7, 11) is 0. The molecule has 136 valence electrons. The second-order valence-corrected chi connectivity index (χ2v) is 6.31. The minimum atomic E-state index is -0.479. The van der Waals surface area contributed by atoms with Crippen LogP contribution < -0.4 is 15.4 Å². The molecule has 4 rings (SSSR count). The highest BCUT2D eigenvalue weighted by molar-refractivity contribution is 5.96. The number of amides is 1. The third kappa shape index (κ3) is 3.05. The van der Waals surface area contributed by atoms with Gasteiger partial charge in [-0.2, -0.15) is 0 Å². The molecule has 0 saturated heterocycles. The standard InChI is InChI=1S/C16H18N6O4/c23-16-9-26-13-7-12(22(24)25)10(6-11(13)18-16)17-8-15-20-19-14-4-2-1-3-5-21(14)15/h6-7,17H,1-5,8-9H2,(H,18,23). The molecule has 3 heterocycles. The zero-order chi connectivity index (χ0) is 18.1. The summed E-state index contributed by atoms with van der Waals surface area (Å²) >= 11 is 0. The first-order valence-corrected chi connectivity index (χ1v) is 8.52. The van der Waals surface area contributed by atoms with Crippen LogP contribution in [0.1, 0.15) is 30.9 Å². The van der Waals surface area contributed by atoms with Crippen LogP contribution in [0, 0.1) is 10.1 Å². The van der Waals surface area contributed by atoms with E-state index in [-0.39, 0.29) is 24.0 Å². The van der Waals surface area contributed by atoms with Gasteiger partial charge in [-0.3, -0.25) is 14.9 Å². The Balaban J connectivity index is 1.60. The average Bonchev–Trinajstić information content (AvgIpc) is 2.85. The molecule has 0 spiro atoms. The molecule has 0 saturated carbocycles. The van der Waals surface area contributed by atoms with E-state index in [1.54, 1.807) is 0 Å². The van der Waals surface area contributed by atoms with Crippen LogP contribution in [0.3, 0.4) is 0 Å². The molecule has 10 heteroatoms. The minimum Gasteiger partial charge on any atom is -0.481 e. The van der Waals surface area contributed by atoms with Gasteiger partial charge < -0.3 is 19.9 Å². The summed E-state index contributed by atoms with van der Waals surface area (Å²) in [6.07, 6.45) is 4.23. The Morgan fingerprint density at radius 1 is 1.31 bits per heavy atom. The van der Waals surface area contributed by atoms with Gasteiger partial charge in [-0.15, -0.1) is 10.2 Å². The zero-order valence-corrected chi connectivity index (χ0v) is 14.0. The maximum Gasteiger partial charge on any atom is 0.296 e. The number of carbonyl (C=O) groups is 1. The van der Waals surface area contributed by atoms with E-state index >= 15 is 0 Å². The predicted molar refractivity (Wildman–Crippen MR) is 92.1 cm³/mol. The van der Waals surface area contributed by atoms with Crippen molar-refractivity contribution >= 4 is 23.0 Å². The van der Waals surface area contributed by atoms with Crippen molar-refractivity contribution < 1.29 is 14.5 Å². The van der Waals surface area contributed by atoms with Crippen molar-refractivity contribution in [2.45, 2.75) is 38.8 Å². The molecule has 0 bridgehead atoms. The summed E-state index contributed by atoms with van der Waals surface area (Å²) < 4.78 is 7.33. The van der Waals surface area contributed by atoms with E-state index in [1.165, 1.54) is 12.1 Å². The summed E-state index contributed by atoms with van der Waals surface area (Å²) in [5, 5.41) is 25.6. The van der Waals surface area contributed by atoms with Crippen molar-refractivity contribution in [3.05, 3.63) is 33.9 Å². The molecule has 10 nitrogen and oxygen atoms in total. The fourth-order valence-corrected chi connectivity index (χ4v) is 3.26. The van der Waals surface area contributed by atoms with Crippen molar-refractivity contribution in [1.29, 1.82) is 0 Å². The Morgan fingerprint density at radius 3 is 3.04 bits per heavy atom. The number of anilines is 2. The Bertz CT molecular complexity index is 878. The number of carbonyl (C=O) groups excluding carboxylic acids is 1. The van der Waals surface area contributed by atoms with Gasteiger partial charge >= 0.3 is 0 Å². The lowest BCUT2D eigenvalue weighted by Crippen LogP contribution is -2.25. The number of nitrogens with zero attached hydrogens (tertiary/aromatic N) is 4. The van der Waals surface area contributed by atoms with Crippen molar-refractivity contribution in [3.63, 3.8) is 0 Å². The SMILES string of the molecule is O=C1COc2cc([N+](=O)[O-])c(NCc3nnc4n3CCCCC4)cc2N1. The summed E-state index contributed by atoms with van der Waals surface area (Å²) in [5.41, 5.74) is 0.593. The molecule has 0 unspecified atom stereocenters. The molecule has 2 aliphatic heterocycles. The fraction of sp³-hybridized carbons (Fsp3) is 0.438. The maximum atomic E-state index is 11.5. The van der Waals surface area contributed by atoms with E-state index in [9.17, 15) is 14.9 Å². The zero-order valence-electron chi connectivity index (χ0n) is 14.0. The van der Waals surface area contributed by atoms with Gasteiger partial charge in [0.25, 0.3) is 11.6 Å². The highest BCUT2D eigenvalue weighted by Gasteiger charge is 2.24. The minimum absolute atomic E-state index is 0.115. The second-order valence-electron chi connectivity index (χ2n) is 6.31. The molecule has 0 atom stereocenters. The summed E-state index contributed by atoms with van der Waals surface area (Å²) in [4.78, 5) is 22.4. The number of ether oxygens (including phenoxy) is 1. The molecule has 0 radical (unpaired) electrons. The normalized spacial score (nSPS) is 15.9. The first-order valence-electron chi connectivity index (χ1n) is 8.52. The van der Waals surface area contributed by atoms with Crippen LogP contribution in [0.4, 0.5) is 17.1 Å². The lowest BCUT2D eigenvalue weighted by molar-refractivity contribution is -0.384. The van der Waals surface area contributed by atoms with Gasteiger partial charge in [-0.1, -0.05) is 6.42 Å². The van der Waals surface area contributed by atoms with Crippen LogP contribution in [0.2, 0.25) is 0 Å². The topological polar surface area (TPSA) is 124 Å². The first kappa shape index (κ1) is 16.3. The third-order valence-corrected chi connectivity index (χ3v) is 4.55. The van der Waals surface area contributed by atoms with Gasteiger partial charge in [0.05, 0.1) is 23.2 Å². The van der Waals surface area contributed by atoms with E-state index in [4.69, 9.17) is 4.74 Å². The van der Waals surface area contributed by atoms with Crippen molar-refractivity contribution in [2.75, 3.05) is 17.2 Å². The highest BCUT2D eigenvalue weighted by atomic mass is 16.6. The van der Waals surface area contributed by atoms with E-state index in [0.717, 1.165) is 43.9 Å². The summed E-state index contributed by atoms with van der Waals surface area (Å²) in [6.45, 7) is 1.01. The van der Waals surface area contributed by atoms with Gasteiger partial charge in [0.2, 0.25) is 0 Å². The van der Waals surface area contributed by atoms with Crippen LogP contribution in [-0.4, -0.2) is 32.2 Å². The average molecular weight is 358 g/mol. The number of hydrogen-bond acceptors (Lipinski definition) is 7. The van der Waals surface area contributed by atoms with Crippen LogP contribution in [0.15, 0.2) is 12.1 Å². The van der Waals surface area contributed by atoms with Crippen LogP contribution in [-0.2, 0) is 24.3 Å². The molecule has 0 fully saturated rings. The number of nitro groups is 1. The molecule has 2 aliphatic rings. The third-order valence-electron chi connectivity index (χ3n) is 4.55. The number of aryl methyl sites for hydroxylation is 1. The molecule has 1 amide bonds. The van der Waals surface area contributed by atoms with Crippen LogP contribution in [0.5, 0.6) is 5.75 Å². The maximum absolute atomic E-state index is 11.5. The largest absolute Gasteiger partial charge is 0.481 e. The lowest BCUT2D eigenvalue weighted by atomic mass is 10.2. The molecule has 2 aromatic rings. The Kier molecular flexibility index (Phi) is 4.15. The lowest BCUT2D eigenvalue weighted by Gasteiger charge is -2.19. The number of nitro benzene ring substituents is 1.